The molecule has 0 aliphatic heterocycles. The third kappa shape index (κ3) is 4.51. The fourth-order valence-corrected chi connectivity index (χ4v) is 1.69. The van der Waals surface area contributed by atoms with Crippen molar-refractivity contribution in [2.75, 3.05) is 13.7 Å². The van der Waals surface area contributed by atoms with Crippen LogP contribution in [0.5, 0.6) is 5.75 Å². The summed E-state index contributed by atoms with van der Waals surface area (Å²) < 4.78 is 4.87. The molecule has 0 aliphatic carbocycles. The zero-order valence-corrected chi connectivity index (χ0v) is 12.3. The molecular weight excluding hydrogens is 316 g/mol. The zero-order chi connectivity index (χ0) is 14.4. The third-order valence-electron chi connectivity index (χ3n) is 2.47. The number of nitrogens with zero attached hydrogens (tertiary/aromatic N) is 1. The van der Waals surface area contributed by atoms with E-state index < -0.39 is 4.92 Å². The molecule has 1 unspecified atom stereocenters. The number of nitro benzene ring substituents is 1. The van der Waals surface area contributed by atoms with E-state index >= 15 is 0 Å². The van der Waals surface area contributed by atoms with Gasteiger partial charge in [0.15, 0.2) is 5.75 Å². The van der Waals surface area contributed by atoms with E-state index in [1.165, 1.54) is 25.3 Å². The average molecular weight is 331 g/mol. The molecule has 19 heavy (non-hydrogen) atoms. The number of hydrogen-bond donors (Lipinski definition) is 1. The number of methoxy groups -OCH3 is 1. The first-order valence-corrected chi connectivity index (χ1v) is 6.62. The molecule has 0 saturated carbocycles. The summed E-state index contributed by atoms with van der Waals surface area (Å²) in [5, 5.41) is 13.5. The van der Waals surface area contributed by atoms with Gasteiger partial charge in [0, 0.05) is 23.0 Å². The highest BCUT2D eigenvalue weighted by atomic mass is 79.9. The summed E-state index contributed by atoms with van der Waals surface area (Å²) in [4.78, 5) is 22.4. The van der Waals surface area contributed by atoms with Gasteiger partial charge in [-0.1, -0.05) is 22.9 Å². The summed E-state index contributed by atoms with van der Waals surface area (Å²) in [6.07, 6.45) is 0.782. The number of amides is 1. The van der Waals surface area contributed by atoms with Crippen LogP contribution in [0.15, 0.2) is 18.2 Å². The van der Waals surface area contributed by atoms with E-state index in [4.69, 9.17) is 4.74 Å². The minimum Gasteiger partial charge on any atom is -0.490 e. The first-order chi connectivity index (χ1) is 8.95. The molecule has 0 heterocycles. The molecule has 0 radical (unpaired) electrons. The van der Waals surface area contributed by atoms with Crippen LogP contribution in [0.2, 0.25) is 0 Å². The van der Waals surface area contributed by atoms with E-state index in [0.29, 0.717) is 11.4 Å². The molecule has 1 atom stereocenters. The zero-order valence-electron chi connectivity index (χ0n) is 10.7. The number of carbonyl (C=O) groups is 1. The Bertz CT molecular complexity index is 477. The summed E-state index contributed by atoms with van der Waals surface area (Å²) in [6.45, 7) is 2.48. The average Bonchev–Trinajstić information content (AvgIpc) is 2.37. The summed E-state index contributed by atoms with van der Waals surface area (Å²) in [5.41, 5.74) is 0.0266. The van der Waals surface area contributed by atoms with Gasteiger partial charge in [-0.05, 0) is 18.6 Å². The SMILES string of the molecule is COc1ccc(C(=O)NCCC(C)Br)cc1[N+](=O)[O-]. The van der Waals surface area contributed by atoms with Crippen molar-refractivity contribution >= 4 is 27.5 Å². The molecule has 0 fully saturated rings. The van der Waals surface area contributed by atoms with Crippen LogP contribution in [0.25, 0.3) is 0 Å². The van der Waals surface area contributed by atoms with Crippen LogP contribution in [-0.4, -0.2) is 29.3 Å². The lowest BCUT2D eigenvalue weighted by Gasteiger charge is -2.07. The summed E-state index contributed by atoms with van der Waals surface area (Å²) in [6, 6.07) is 4.13. The smallest absolute Gasteiger partial charge is 0.311 e. The number of rotatable bonds is 6. The summed E-state index contributed by atoms with van der Waals surface area (Å²) in [5.74, 6) is -0.200. The predicted octanol–water partition coefficient (Wildman–Crippen LogP) is 2.51. The number of halogens is 1. The van der Waals surface area contributed by atoms with Crippen LogP contribution in [-0.2, 0) is 0 Å². The van der Waals surface area contributed by atoms with E-state index in [1.807, 2.05) is 6.92 Å². The van der Waals surface area contributed by atoms with Gasteiger partial charge >= 0.3 is 5.69 Å². The number of ether oxygens (including phenoxy) is 1. The van der Waals surface area contributed by atoms with Gasteiger partial charge in [0.1, 0.15) is 0 Å². The Morgan fingerprint density at radius 2 is 2.26 bits per heavy atom. The number of nitrogens with one attached hydrogen (secondary N) is 1. The Labute approximate surface area is 119 Å². The fraction of sp³-hybridized carbons (Fsp3) is 0.417. The molecular formula is C12H15BrN2O4. The molecule has 6 nitrogen and oxygen atoms in total. The molecule has 0 saturated heterocycles. The second-order valence-electron chi connectivity index (χ2n) is 3.97. The van der Waals surface area contributed by atoms with E-state index in [1.54, 1.807) is 0 Å². The third-order valence-corrected chi connectivity index (χ3v) is 2.92. The number of carbonyl (C=O) groups excluding carboxylic acids is 1. The molecule has 1 N–H and O–H groups in total. The topological polar surface area (TPSA) is 81.5 Å². The Morgan fingerprint density at radius 1 is 1.58 bits per heavy atom. The highest BCUT2D eigenvalue weighted by molar-refractivity contribution is 9.09. The largest absolute Gasteiger partial charge is 0.490 e. The van der Waals surface area contributed by atoms with Crippen molar-refractivity contribution in [1.82, 2.24) is 5.32 Å². The van der Waals surface area contributed by atoms with Crippen molar-refractivity contribution in [3.05, 3.63) is 33.9 Å². The number of benzene rings is 1. The molecule has 1 aromatic carbocycles. The van der Waals surface area contributed by atoms with E-state index in [2.05, 4.69) is 21.2 Å². The van der Waals surface area contributed by atoms with Crippen LogP contribution in [0.1, 0.15) is 23.7 Å². The van der Waals surface area contributed by atoms with Crippen molar-refractivity contribution in [1.29, 1.82) is 0 Å². The molecule has 0 spiro atoms. The lowest BCUT2D eigenvalue weighted by atomic mass is 10.1. The van der Waals surface area contributed by atoms with Crippen LogP contribution < -0.4 is 10.1 Å². The van der Waals surface area contributed by atoms with Crippen molar-refractivity contribution in [2.24, 2.45) is 0 Å². The standard InChI is InChI=1S/C12H15BrN2O4/c1-8(13)5-6-14-12(16)9-3-4-11(19-2)10(7-9)15(17)18/h3-4,7-8H,5-6H2,1-2H3,(H,14,16). The Kier molecular flexibility index (Phi) is 5.75. The maximum Gasteiger partial charge on any atom is 0.311 e. The Hall–Kier alpha value is -1.63. The van der Waals surface area contributed by atoms with Gasteiger partial charge in [0.25, 0.3) is 5.91 Å². The number of alkyl halides is 1. The van der Waals surface area contributed by atoms with Crippen molar-refractivity contribution < 1.29 is 14.5 Å². The minimum atomic E-state index is -0.573. The molecule has 1 amide bonds. The number of hydrogen-bond acceptors (Lipinski definition) is 4. The highest BCUT2D eigenvalue weighted by Crippen LogP contribution is 2.27. The van der Waals surface area contributed by atoms with Gasteiger partial charge in [-0.15, -0.1) is 0 Å². The first-order valence-electron chi connectivity index (χ1n) is 5.70. The lowest BCUT2D eigenvalue weighted by Crippen LogP contribution is -2.25. The van der Waals surface area contributed by atoms with Crippen LogP contribution >= 0.6 is 15.9 Å². The van der Waals surface area contributed by atoms with Gasteiger partial charge in [-0.3, -0.25) is 14.9 Å². The predicted molar refractivity (Wildman–Crippen MR) is 75.0 cm³/mol. The molecule has 0 bridgehead atoms. The van der Waals surface area contributed by atoms with Gasteiger partial charge in [0.05, 0.1) is 12.0 Å². The fourth-order valence-electron chi connectivity index (χ4n) is 1.46. The van der Waals surface area contributed by atoms with Gasteiger partial charge < -0.3 is 10.1 Å². The first kappa shape index (κ1) is 15.4. The second-order valence-corrected chi connectivity index (χ2v) is 5.53. The second kappa shape index (κ2) is 7.08. The normalized spacial score (nSPS) is 11.7. The van der Waals surface area contributed by atoms with Crippen LogP contribution in [0, 0.1) is 10.1 Å². The Balaban J connectivity index is 2.81. The molecule has 7 heteroatoms. The van der Waals surface area contributed by atoms with Crippen molar-refractivity contribution in [3.63, 3.8) is 0 Å². The molecule has 1 rings (SSSR count). The van der Waals surface area contributed by atoms with E-state index in [-0.39, 0.29) is 22.9 Å². The highest BCUT2D eigenvalue weighted by Gasteiger charge is 2.17. The van der Waals surface area contributed by atoms with Gasteiger partial charge in [-0.2, -0.15) is 0 Å². The number of nitro groups is 1. The van der Waals surface area contributed by atoms with Crippen molar-refractivity contribution in [2.45, 2.75) is 18.2 Å². The maximum atomic E-state index is 11.8. The van der Waals surface area contributed by atoms with Gasteiger partial charge in [-0.25, -0.2) is 0 Å². The van der Waals surface area contributed by atoms with Crippen LogP contribution in [0.3, 0.4) is 0 Å². The monoisotopic (exact) mass is 330 g/mol. The van der Waals surface area contributed by atoms with Crippen molar-refractivity contribution in [3.8, 4) is 5.75 Å². The minimum absolute atomic E-state index is 0.135. The lowest BCUT2D eigenvalue weighted by molar-refractivity contribution is -0.385. The van der Waals surface area contributed by atoms with Gasteiger partial charge in [0.2, 0.25) is 0 Å². The van der Waals surface area contributed by atoms with E-state index in [9.17, 15) is 14.9 Å². The maximum absolute atomic E-state index is 11.8. The summed E-state index contributed by atoms with van der Waals surface area (Å²) >= 11 is 3.37. The van der Waals surface area contributed by atoms with Crippen LogP contribution in [0.4, 0.5) is 5.69 Å². The molecule has 0 aliphatic rings. The quantitative estimate of drug-likeness (QED) is 0.493. The van der Waals surface area contributed by atoms with E-state index in [0.717, 1.165) is 6.42 Å². The molecule has 0 aromatic heterocycles. The molecule has 104 valence electrons. The molecule has 1 aromatic rings. The summed E-state index contributed by atoms with van der Waals surface area (Å²) in [7, 11) is 1.35. The Morgan fingerprint density at radius 3 is 2.79 bits per heavy atom.